The van der Waals surface area contributed by atoms with Gasteiger partial charge in [0.25, 0.3) is 0 Å². The highest BCUT2D eigenvalue weighted by Gasteiger charge is 2.30. The van der Waals surface area contributed by atoms with Crippen LogP contribution in [0.1, 0.15) is 25.0 Å². The van der Waals surface area contributed by atoms with Gasteiger partial charge in [0.15, 0.2) is 5.17 Å². The Morgan fingerprint density at radius 2 is 1.82 bits per heavy atom. The molecule has 0 saturated carbocycles. The molecule has 0 aliphatic carbocycles. The molecule has 2 rings (SSSR count). The molecule has 1 aromatic rings. The van der Waals surface area contributed by atoms with Crippen molar-refractivity contribution in [1.82, 2.24) is 0 Å². The lowest BCUT2D eigenvalue weighted by molar-refractivity contribution is 0.657. The van der Waals surface area contributed by atoms with Crippen LogP contribution in [0.25, 0.3) is 0 Å². The minimum atomic E-state index is -0.163. The van der Waals surface area contributed by atoms with Crippen LogP contribution in [0.2, 0.25) is 0 Å². The van der Waals surface area contributed by atoms with E-state index in [1.165, 1.54) is 11.1 Å². The number of benzene rings is 1. The van der Waals surface area contributed by atoms with Crippen molar-refractivity contribution in [2.45, 2.75) is 33.2 Å². The van der Waals surface area contributed by atoms with Crippen LogP contribution in [0.3, 0.4) is 0 Å². The SMILES string of the molecule is C=C1SC(Nc2c(C)cccc2C)=NC1(C)C. The van der Waals surface area contributed by atoms with E-state index in [1.54, 1.807) is 11.8 Å². The summed E-state index contributed by atoms with van der Waals surface area (Å²) in [7, 11) is 0. The van der Waals surface area contributed by atoms with E-state index < -0.39 is 0 Å². The highest BCUT2D eigenvalue weighted by molar-refractivity contribution is 8.17. The van der Waals surface area contributed by atoms with Gasteiger partial charge in [-0.3, -0.25) is 4.99 Å². The van der Waals surface area contributed by atoms with Crippen molar-refractivity contribution in [3.8, 4) is 0 Å². The first-order valence-electron chi connectivity index (χ1n) is 5.70. The fourth-order valence-corrected chi connectivity index (χ4v) is 2.71. The minimum Gasteiger partial charge on any atom is -0.334 e. The average molecular weight is 246 g/mol. The zero-order valence-corrected chi connectivity index (χ0v) is 11.6. The van der Waals surface area contributed by atoms with Crippen LogP contribution in [-0.2, 0) is 0 Å². The van der Waals surface area contributed by atoms with E-state index >= 15 is 0 Å². The molecule has 0 saturated heterocycles. The predicted molar refractivity (Wildman–Crippen MR) is 77.8 cm³/mol. The van der Waals surface area contributed by atoms with Crippen LogP contribution in [0.5, 0.6) is 0 Å². The second kappa shape index (κ2) is 4.22. The molecule has 3 heteroatoms. The van der Waals surface area contributed by atoms with Crippen molar-refractivity contribution >= 4 is 22.6 Å². The molecule has 1 aliphatic heterocycles. The molecule has 2 nitrogen and oxygen atoms in total. The molecular formula is C14H18N2S. The molecule has 0 radical (unpaired) electrons. The molecular weight excluding hydrogens is 228 g/mol. The average Bonchev–Trinajstić information content (AvgIpc) is 2.47. The maximum Gasteiger partial charge on any atom is 0.166 e. The largest absolute Gasteiger partial charge is 0.334 e. The van der Waals surface area contributed by atoms with E-state index in [9.17, 15) is 0 Å². The van der Waals surface area contributed by atoms with Crippen LogP contribution in [0, 0.1) is 13.8 Å². The van der Waals surface area contributed by atoms with Gasteiger partial charge in [-0.1, -0.05) is 36.5 Å². The van der Waals surface area contributed by atoms with Crippen molar-refractivity contribution in [2.75, 3.05) is 5.32 Å². The summed E-state index contributed by atoms with van der Waals surface area (Å²) in [6.45, 7) is 12.4. The molecule has 0 atom stereocenters. The van der Waals surface area contributed by atoms with Crippen molar-refractivity contribution < 1.29 is 0 Å². The van der Waals surface area contributed by atoms with E-state index in [0.29, 0.717) is 0 Å². The molecule has 1 aliphatic rings. The van der Waals surface area contributed by atoms with Gasteiger partial charge in [0.05, 0.1) is 5.54 Å². The van der Waals surface area contributed by atoms with E-state index in [-0.39, 0.29) is 5.54 Å². The van der Waals surface area contributed by atoms with Crippen LogP contribution in [0.4, 0.5) is 5.69 Å². The number of nitrogens with zero attached hydrogens (tertiary/aromatic N) is 1. The summed E-state index contributed by atoms with van der Waals surface area (Å²) >= 11 is 1.63. The number of aryl methyl sites for hydroxylation is 2. The van der Waals surface area contributed by atoms with Crippen molar-refractivity contribution in [3.05, 3.63) is 40.8 Å². The van der Waals surface area contributed by atoms with Gasteiger partial charge < -0.3 is 5.32 Å². The number of hydrogen-bond donors (Lipinski definition) is 1. The van der Waals surface area contributed by atoms with Gasteiger partial charge in [-0.25, -0.2) is 0 Å². The lowest BCUT2D eigenvalue weighted by Gasteiger charge is -2.12. The van der Waals surface area contributed by atoms with Gasteiger partial charge in [-0.05, 0) is 38.8 Å². The van der Waals surface area contributed by atoms with Crippen molar-refractivity contribution in [3.63, 3.8) is 0 Å². The Labute approximate surface area is 107 Å². The lowest BCUT2D eigenvalue weighted by atomic mass is 10.1. The Hall–Kier alpha value is -1.22. The molecule has 0 fully saturated rings. The Morgan fingerprint density at radius 3 is 2.29 bits per heavy atom. The third-order valence-corrected chi connectivity index (χ3v) is 4.13. The molecule has 0 unspecified atom stereocenters. The van der Waals surface area contributed by atoms with Crippen LogP contribution < -0.4 is 5.32 Å². The van der Waals surface area contributed by atoms with Crippen LogP contribution in [0.15, 0.2) is 34.7 Å². The minimum absolute atomic E-state index is 0.163. The van der Waals surface area contributed by atoms with E-state index in [2.05, 4.69) is 62.8 Å². The van der Waals surface area contributed by atoms with Crippen LogP contribution >= 0.6 is 11.8 Å². The second-order valence-corrected chi connectivity index (χ2v) is 5.98. The highest BCUT2D eigenvalue weighted by Crippen LogP contribution is 2.38. The van der Waals surface area contributed by atoms with Crippen molar-refractivity contribution in [1.29, 1.82) is 0 Å². The Bertz CT molecular complexity index is 481. The second-order valence-electron chi connectivity index (χ2n) is 4.89. The predicted octanol–water partition coefficient (Wildman–Crippen LogP) is 4.11. The van der Waals surface area contributed by atoms with E-state index in [4.69, 9.17) is 0 Å². The van der Waals surface area contributed by atoms with Crippen LogP contribution in [-0.4, -0.2) is 10.7 Å². The lowest BCUT2D eigenvalue weighted by Crippen LogP contribution is -2.14. The van der Waals surface area contributed by atoms with Gasteiger partial charge in [0.1, 0.15) is 0 Å². The number of rotatable bonds is 1. The zero-order valence-electron chi connectivity index (χ0n) is 10.8. The zero-order chi connectivity index (χ0) is 12.6. The Kier molecular flexibility index (Phi) is 3.04. The topological polar surface area (TPSA) is 24.4 Å². The maximum absolute atomic E-state index is 4.65. The fraction of sp³-hybridized carbons (Fsp3) is 0.357. The first-order valence-corrected chi connectivity index (χ1v) is 6.52. The van der Waals surface area contributed by atoms with Gasteiger partial charge in [0, 0.05) is 10.6 Å². The number of hydrogen-bond acceptors (Lipinski definition) is 3. The summed E-state index contributed by atoms with van der Waals surface area (Å²) in [5.74, 6) is 0. The molecule has 0 spiro atoms. The summed E-state index contributed by atoms with van der Waals surface area (Å²) < 4.78 is 0. The molecule has 90 valence electrons. The number of amidine groups is 1. The Morgan fingerprint density at radius 1 is 1.24 bits per heavy atom. The quantitative estimate of drug-likeness (QED) is 0.806. The third kappa shape index (κ3) is 2.39. The van der Waals surface area contributed by atoms with Gasteiger partial charge >= 0.3 is 0 Å². The van der Waals surface area contributed by atoms with Gasteiger partial charge in [-0.15, -0.1) is 0 Å². The number of nitrogens with one attached hydrogen (secondary N) is 1. The maximum atomic E-state index is 4.65. The molecule has 0 amide bonds. The van der Waals surface area contributed by atoms with Gasteiger partial charge in [-0.2, -0.15) is 0 Å². The molecule has 1 aromatic carbocycles. The molecule has 1 heterocycles. The first-order chi connectivity index (χ1) is 7.90. The summed E-state index contributed by atoms with van der Waals surface area (Å²) in [5.41, 5.74) is 3.47. The Balaban J connectivity index is 2.27. The number of aliphatic imine (C=N–C) groups is 1. The number of anilines is 1. The van der Waals surface area contributed by atoms with E-state index in [1.807, 2.05) is 0 Å². The number of thioether (sulfide) groups is 1. The molecule has 17 heavy (non-hydrogen) atoms. The standard InChI is InChI=1S/C14H18N2S/c1-9-7-6-8-10(2)12(9)15-13-16-14(4,5)11(3)17-13/h6-8H,3H2,1-2,4-5H3,(H,15,16). The first kappa shape index (κ1) is 12.2. The summed E-state index contributed by atoms with van der Waals surface area (Å²) in [6.07, 6.45) is 0. The summed E-state index contributed by atoms with van der Waals surface area (Å²) in [4.78, 5) is 5.74. The summed E-state index contributed by atoms with van der Waals surface area (Å²) in [5, 5.41) is 4.36. The van der Waals surface area contributed by atoms with Crippen molar-refractivity contribution in [2.24, 2.45) is 4.99 Å². The smallest absolute Gasteiger partial charge is 0.166 e. The monoisotopic (exact) mass is 246 g/mol. The van der Waals surface area contributed by atoms with Gasteiger partial charge in [0.2, 0.25) is 0 Å². The van der Waals surface area contributed by atoms with E-state index in [0.717, 1.165) is 15.8 Å². The highest BCUT2D eigenvalue weighted by atomic mass is 32.2. The summed E-state index contributed by atoms with van der Waals surface area (Å²) in [6, 6.07) is 6.28. The normalized spacial score (nSPS) is 18.1. The molecule has 0 aromatic heterocycles. The molecule has 0 bridgehead atoms. The number of para-hydroxylation sites is 1. The third-order valence-electron chi connectivity index (χ3n) is 3.00. The fourth-order valence-electron chi connectivity index (χ4n) is 1.75. The molecule has 1 N–H and O–H groups in total.